The number of rotatable bonds is 4. The summed E-state index contributed by atoms with van der Waals surface area (Å²) in [7, 11) is -3.85. The molecule has 0 unspecified atom stereocenters. The van der Waals surface area contributed by atoms with Crippen LogP contribution in [-0.4, -0.2) is 54.3 Å². The number of nitro benzene ring substituents is 1. The van der Waals surface area contributed by atoms with Gasteiger partial charge in [-0.05, 0) is 62.3 Å². The largest absolute Gasteiger partial charge is 0.295 e. The highest BCUT2D eigenvalue weighted by Gasteiger charge is 2.54. The lowest BCUT2D eigenvalue weighted by atomic mass is 9.52. The molecule has 1 heterocycles. The molecule has 6 rings (SSSR count). The standard InChI is InChI=1S/C20H27N3O4S/c24-23(25)18-3-1-2-4-19(18)28(26,27)22-7-5-21(6-8-22)20-12-15-9-16(13-20)11-17(10-15)14-20/h1-4,15-17H,5-14H2. The summed E-state index contributed by atoms with van der Waals surface area (Å²) in [6, 6.07) is 5.66. The minimum absolute atomic E-state index is 0.191. The van der Waals surface area contributed by atoms with Gasteiger partial charge in [0.05, 0.1) is 4.92 Å². The van der Waals surface area contributed by atoms with Crippen molar-refractivity contribution in [3.8, 4) is 0 Å². The molecule has 0 radical (unpaired) electrons. The molecular weight excluding hydrogens is 378 g/mol. The lowest BCUT2D eigenvalue weighted by Gasteiger charge is -2.61. The molecule has 0 amide bonds. The van der Waals surface area contributed by atoms with Crippen LogP contribution in [0.25, 0.3) is 0 Å². The first kappa shape index (κ1) is 18.5. The van der Waals surface area contributed by atoms with E-state index in [-0.39, 0.29) is 16.1 Å². The van der Waals surface area contributed by atoms with Gasteiger partial charge in [0.2, 0.25) is 10.0 Å². The van der Waals surface area contributed by atoms with E-state index in [1.807, 2.05) is 0 Å². The zero-order valence-corrected chi connectivity index (χ0v) is 16.8. The van der Waals surface area contributed by atoms with Gasteiger partial charge in [-0.2, -0.15) is 4.31 Å². The summed E-state index contributed by atoms with van der Waals surface area (Å²) >= 11 is 0. The number of para-hydroxylation sites is 1. The fourth-order valence-corrected chi connectivity index (χ4v) is 8.40. The topological polar surface area (TPSA) is 83.8 Å². The Morgan fingerprint density at radius 1 is 0.929 bits per heavy atom. The maximum atomic E-state index is 13.1. The number of nitrogens with zero attached hydrogens (tertiary/aromatic N) is 3. The van der Waals surface area contributed by atoms with Crippen molar-refractivity contribution in [2.45, 2.75) is 49.0 Å². The number of sulfonamides is 1. The molecular formula is C20H27N3O4S. The third-order valence-electron chi connectivity index (χ3n) is 7.60. The first-order chi connectivity index (χ1) is 13.4. The molecule has 1 aromatic carbocycles. The van der Waals surface area contributed by atoms with Gasteiger partial charge in [-0.1, -0.05) is 12.1 Å². The van der Waals surface area contributed by atoms with Gasteiger partial charge in [-0.3, -0.25) is 15.0 Å². The average Bonchev–Trinajstić information content (AvgIpc) is 2.67. The first-order valence-electron chi connectivity index (χ1n) is 10.4. The van der Waals surface area contributed by atoms with Gasteiger partial charge in [0.25, 0.3) is 5.69 Å². The zero-order chi connectivity index (χ0) is 19.5. The zero-order valence-electron chi connectivity index (χ0n) is 16.0. The summed E-state index contributed by atoms with van der Waals surface area (Å²) in [6.07, 6.45) is 8.00. The van der Waals surface area contributed by atoms with E-state index in [0.717, 1.165) is 30.8 Å². The molecule has 0 spiro atoms. The Balaban J connectivity index is 1.33. The summed E-state index contributed by atoms with van der Waals surface area (Å²) < 4.78 is 27.6. The van der Waals surface area contributed by atoms with Crippen LogP contribution in [-0.2, 0) is 10.0 Å². The molecule has 0 N–H and O–H groups in total. The molecule has 8 heteroatoms. The van der Waals surface area contributed by atoms with Gasteiger partial charge in [0.1, 0.15) is 0 Å². The van der Waals surface area contributed by atoms with Crippen LogP contribution in [0.3, 0.4) is 0 Å². The van der Waals surface area contributed by atoms with Crippen molar-refractivity contribution >= 4 is 15.7 Å². The van der Waals surface area contributed by atoms with Crippen molar-refractivity contribution in [3.05, 3.63) is 34.4 Å². The predicted molar refractivity (Wildman–Crippen MR) is 104 cm³/mol. The number of benzene rings is 1. The van der Waals surface area contributed by atoms with Gasteiger partial charge < -0.3 is 0 Å². The number of hydrogen-bond acceptors (Lipinski definition) is 5. The molecule has 5 fully saturated rings. The Morgan fingerprint density at radius 2 is 1.46 bits per heavy atom. The van der Waals surface area contributed by atoms with Crippen LogP contribution >= 0.6 is 0 Å². The summed E-state index contributed by atoms with van der Waals surface area (Å²) in [6.45, 7) is 2.28. The quantitative estimate of drug-likeness (QED) is 0.568. The van der Waals surface area contributed by atoms with E-state index in [4.69, 9.17) is 0 Å². The van der Waals surface area contributed by atoms with Gasteiger partial charge in [-0.25, -0.2) is 8.42 Å². The lowest BCUT2D eigenvalue weighted by Crippen LogP contribution is -2.64. The van der Waals surface area contributed by atoms with Crippen molar-refractivity contribution in [1.29, 1.82) is 0 Å². The van der Waals surface area contributed by atoms with Crippen molar-refractivity contribution in [2.75, 3.05) is 26.2 Å². The smallest absolute Gasteiger partial charge is 0.289 e. The third-order valence-corrected chi connectivity index (χ3v) is 9.54. The van der Waals surface area contributed by atoms with Crippen molar-refractivity contribution in [2.24, 2.45) is 17.8 Å². The molecule has 4 saturated carbocycles. The third kappa shape index (κ3) is 2.88. The van der Waals surface area contributed by atoms with Crippen LogP contribution in [0.1, 0.15) is 38.5 Å². The van der Waals surface area contributed by atoms with E-state index >= 15 is 0 Å². The van der Waals surface area contributed by atoms with Gasteiger partial charge >= 0.3 is 0 Å². The maximum Gasteiger partial charge on any atom is 0.289 e. The highest BCUT2D eigenvalue weighted by Crippen LogP contribution is 2.57. The summed E-state index contributed by atoms with van der Waals surface area (Å²) in [5.41, 5.74) is -0.0606. The molecule has 4 aliphatic carbocycles. The van der Waals surface area contributed by atoms with Crippen molar-refractivity contribution < 1.29 is 13.3 Å². The second-order valence-electron chi connectivity index (χ2n) is 9.26. The van der Waals surface area contributed by atoms with Crippen LogP contribution in [0.2, 0.25) is 0 Å². The van der Waals surface area contributed by atoms with E-state index in [2.05, 4.69) is 4.90 Å². The molecule has 0 atom stereocenters. The molecule has 28 heavy (non-hydrogen) atoms. The van der Waals surface area contributed by atoms with Crippen LogP contribution in [0.4, 0.5) is 5.69 Å². The summed E-state index contributed by atoms with van der Waals surface area (Å²) in [4.78, 5) is 13.0. The molecule has 0 aromatic heterocycles. The number of hydrogen-bond donors (Lipinski definition) is 0. The van der Waals surface area contributed by atoms with Gasteiger partial charge in [0, 0.05) is 37.8 Å². The lowest BCUT2D eigenvalue weighted by molar-refractivity contribution is -0.387. The second kappa shape index (κ2) is 6.50. The van der Waals surface area contributed by atoms with Crippen molar-refractivity contribution in [1.82, 2.24) is 9.21 Å². The average molecular weight is 406 g/mol. The SMILES string of the molecule is O=[N+]([O-])c1ccccc1S(=O)(=O)N1CCN(C23CC4CC(CC(C4)C2)C3)CC1. The highest BCUT2D eigenvalue weighted by molar-refractivity contribution is 7.89. The van der Waals surface area contributed by atoms with Gasteiger partial charge in [0.15, 0.2) is 4.90 Å². The molecule has 1 aliphatic heterocycles. The highest BCUT2D eigenvalue weighted by atomic mass is 32.2. The molecule has 5 aliphatic rings. The Bertz CT molecular complexity index is 857. The van der Waals surface area contributed by atoms with Gasteiger partial charge in [-0.15, -0.1) is 0 Å². The first-order valence-corrected chi connectivity index (χ1v) is 11.8. The fourth-order valence-electron chi connectivity index (χ4n) is 6.82. The predicted octanol–water partition coefficient (Wildman–Crippen LogP) is 2.87. The molecule has 7 nitrogen and oxygen atoms in total. The Kier molecular flexibility index (Phi) is 4.30. The minimum atomic E-state index is -3.85. The second-order valence-corrected chi connectivity index (χ2v) is 11.2. The molecule has 4 bridgehead atoms. The van der Waals surface area contributed by atoms with E-state index in [1.54, 1.807) is 6.07 Å². The maximum absolute atomic E-state index is 13.1. The van der Waals surface area contributed by atoms with Crippen LogP contribution in [0.5, 0.6) is 0 Å². The number of nitro groups is 1. The molecule has 1 saturated heterocycles. The van der Waals surface area contributed by atoms with Crippen LogP contribution in [0.15, 0.2) is 29.2 Å². The Morgan fingerprint density at radius 3 is 2.00 bits per heavy atom. The van der Waals surface area contributed by atoms with E-state index < -0.39 is 14.9 Å². The number of piperazine rings is 1. The summed E-state index contributed by atoms with van der Waals surface area (Å²) in [5.74, 6) is 2.58. The van der Waals surface area contributed by atoms with Crippen LogP contribution < -0.4 is 0 Å². The molecule has 152 valence electrons. The summed E-state index contributed by atoms with van der Waals surface area (Å²) in [5, 5.41) is 11.3. The monoisotopic (exact) mass is 405 g/mol. The Labute approximate surface area is 165 Å². The van der Waals surface area contributed by atoms with Crippen molar-refractivity contribution in [3.63, 3.8) is 0 Å². The molecule has 1 aromatic rings. The van der Waals surface area contributed by atoms with E-state index in [0.29, 0.717) is 13.1 Å². The normalized spacial score (nSPS) is 35.9. The van der Waals surface area contributed by atoms with E-state index in [1.165, 1.54) is 61.0 Å². The Hall–Kier alpha value is -1.51. The minimum Gasteiger partial charge on any atom is -0.295 e. The van der Waals surface area contributed by atoms with Crippen LogP contribution in [0, 0.1) is 27.9 Å². The van der Waals surface area contributed by atoms with E-state index in [9.17, 15) is 18.5 Å². The fraction of sp³-hybridized carbons (Fsp3) is 0.700.